The molecule has 10 aromatic rings. The Labute approximate surface area is 777 Å². The van der Waals surface area contributed by atoms with Crippen molar-refractivity contribution in [2.24, 2.45) is 22.7 Å². The summed E-state index contributed by atoms with van der Waals surface area (Å²) in [4.78, 5) is 74.5. The predicted molar refractivity (Wildman–Crippen MR) is 507 cm³/mol. The zero-order valence-electron chi connectivity index (χ0n) is 73.9. The van der Waals surface area contributed by atoms with E-state index >= 15 is 0 Å². The summed E-state index contributed by atoms with van der Waals surface area (Å²) in [5, 5.41) is 27.6. The molecule has 2 atom stereocenters. The van der Waals surface area contributed by atoms with Gasteiger partial charge in [0.05, 0.1) is 67.5 Å². The van der Waals surface area contributed by atoms with Crippen LogP contribution in [0.1, 0.15) is 141 Å². The number of piperidine rings is 1. The lowest BCUT2D eigenvalue weighted by molar-refractivity contribution is -0.386. The number of pyridine rings is 2. The molecule has 7 aliphatic rings. The summed E-state index contributed by atoms with van der Waals surface area (Å²) in [7, 11) is -16.3. The van der Waals surface area contributed by atoms with Crippen molar-refractivity contribution in [3.05, 3.63) is 233 Å². The Morgan fingerprint density at radius 3 is 1.41 bits per heavy atom. The largest absolute Gasteiger partial charge is 0.493 e. The summed E-state index contributed by atoms with van der Waals surface area (Å²) in [6, 6.07) is 37.5. The third-order valence-electron chi connectivity index (χ3n) is 25.7. The molecule has 0 unspecified atom stereocenters. The van der Waals surface area contributed by atoms with Crippen LogP contribution in [0.3, 0.4) is 0 Å². The number of nitro benzene ring substituents is 2. The number of amides is 2. The second-order valence-electron chi connectivity index (χ2n) is 36.7. The number of allylic oxidation sites excluding steroid dienone is 2. The lowest BCUT2D eigenvalue weighted by atomic mass is 9.72. The summed E-state index contributed by atoms with van der Waals surface area (Å²) in [6.07, 6.45) is 17.5. The Kier molecular flexibility index (Phi) is 28.0. The number of nitro groups is 2. The smallest absolute Gasteiger partial charge is 0.279 e. The summed E-state index contributed by atoms with van der Waals surface area (Å²) in [5.74, 6) is -1.91. The van der Waals surface area contributed by atoms with Gasteiger partial charge < -0.3 is 38.7 Å². The van der Waals surface area contributed by atoms with E-state index < -0.39 is 88.8 Å². The monoisotopic (exact) mass is 1920 g/mol. The van der Waals surface area contributed by atoms with Crippen LogP contribution in [0.2, 0.25) is 10.0 Å². The minimum Gasteiger partial charge on any atom is -0.493 e. The highest BCUT2D eigenvalue weighted by molar-refractivity contribution is 7.91. The van der Waals surface area contributed by atoms with E-state index in [0.717, 1.165) is 149 Å². The lowest BCUT2D eigenvalue weighted by Crippen LogP contribution is -2.47. The molecule has 698 valence electrons. The number of carbonyl (C=O) groups excluding carboxylic acids is 2. The number of H-pyrrole nitrogens is 2. The van der Waals surface area contributed by atoms with Crippen LogP contribution in [0.25, 0.3) is 33.2 Å². The SMILES string of the molecule is CC1(C)CCC(CN2CCN(c3ccc(C(=O)NS(=O)(=O)c4cc5c(c([N+](=O)[O-])c4)C[C@@H](CNS(=O)(=O)N4CCCCC4)CO5)c(Oc4cnc5[nH]ccc5c4)c3)CC2)=C(c2ccc(Cl)cc2)C1.CC1(C)CCC(CN2CCN(c3ccc(C(=O)NS(=O)(=O)c4cc5c(c([N+](=O)[O-])c4)C[C@H](CCCS(C)(=O)=O)CO5)c(Oc4cnc5[nH]ccc5c4)c3)CC2)=C(c2ccc(Cl)cc2)C1. The van der Waals surface area contributed by atoms with Crippen molar-refractivity contribution in [3.8, 4) is 34.5 Å². The normalized spacial score (nSPS) is 18.7. The fourth-order valence-corrected chi connectivity index (χ4v) is 22.7. The lowest BCUT2D eigenvalue weighted by Gasteiger charge is -2.39. The molecular weight excluding hydrogens is 1810 g/mol. The molecule has 9 heterocycles. The van der Waals surface area contributed by atoms with Crippen LogP contribution in [-0.4, -0.2) is 200 Å². The standard InChI is InChI=1S/C48H55ClN8O9S2.C46H51ClN6O9S2/c1-48(2)14-12-35(42(27-48)33-6-8-36(49)9-7-33)30-54-18-20-55(21-19-54)37-10-11-40(45(24-37)66-38-23-34-13-15-50-46(34)51-29-38)47(58)53-67(61,62)39-25-43(57(59)60)41-22-32(31-65-44(41)26-39)28-52-68(63,64)56-16-4-3-5-17-56;1-46(2)14-12-33(40(26-46)31-6-8-34(47)9-7-31)28-51-16-18-52(19-17-51)35-10-11-38(43(23-35)62-36-22-32-13-15-48-44(32)49-27-36)45(54)50-64(59,60)37-24-41(53(55)56)39-21-30(29-61-42(39)25-37)5-4-20-63(3,57)58/h6-11,13,15,23-26,29,32,52H,3-5,12,14,16-22,27-28,30-31H2,1-2H3,(H,50,51)(H,53,58);6-11,13,15,22-25,27,30H,4-5,12,14,16-21,26,28-29H2,1-3H3,(H,48,49)(H,50,54)/t32-;30-/m00/s1. The average molecular weight is 1920 g/mol. The number of hydrogen-bond acceptors (Lipinski definition) is 24. The molecule has 4 aromatic heterocycles. The minimum atomic E-state index is -4.72. The molecule has 132 heavy (non-hydrogen) atoms. The topological polar surface area (TPSA) is 404 Å². The van der Waals surface area contributed by atoms with Crippen LogP contribution in [0.15, 0.2) is 179 Å². The first-order chi connectivity index (χ1) is 62.9. The highest BCUT2D eigenvalue weighted by Gasteiger charge is 2.39. The highest BCUT2D eigenvalue weighted by Crippen LogP contribution is 2.47. The molecule has 0 radical (unpaired) electrons. The van der Waals surface area contributed by atoms with Crippen molar-refractivity contribution in [2.75, 3.05) is 120 Å². The zero-order chi connectivity index (χ0) is 93.2. The Balaban J connectivity index is 0.000000193. The summed E-state index contributed by atoms with van der Waals surface area (Å²) in [5.41, 5.74) is 10.5. The van der Waals surface area contributed by atoms with E-state index in [9.17, 15) is 63.5 Å². The molecule has 6 aromatic carbocycles. The van der Waals surface area contributed by atoms with Gasteiger partial charge in [-0.2, -0.15) is 12.7 Å². The molecule has 5 N–H and O–H groups in total. The van der Waals surface area contributed by atoms with Gasteiger partial charge in [0.25, 0.3) is 53.4 Å². The van der Waals surface area contributed by atoms with Crippen molar-refractivity contribution < 1.29 is 72.1 Å². The summed E-state index contributed by atoms with van der Waals surface area (Å²) >= 11 is 12.5. The molecule has 3 fully saturated rings. The molecule has 38 heteroatoms. The number of aromatic amines is 2. The van der Waals surface area contributed by atoms with Crippen molar-refractivity contribution in [1.82, 2.24) is 48.2 Å². The number of sulfone groups is 1. The predicted octanol–water partition coefficient (Wildman–Crippen LogP) is 15.9. The molecule has 2 amide bonds. The molecule has 5 aliphatic heterocycles. The first-order valence-electron chi connectivity index (χ1n) is 44.2. The summed E-state index contributed by atoms with van der Waals surface area (Å²) in [6.45, 7) is 17.9. The number of sulfonamides is 2. The van der Waals surface area contributed by atoms with E-state index in [1.54, 1.807) is 48.8 Å². The van der Waals surface area contributed by atoms with Crippen LogP contribution >= 0.6 is 23.2 Å². The Bertz CT molecular complexity index is 6630. The Morgan fingerprint density at radius 2 is 0.977 bits per heavy atom. The van der Waals surface area contributed by atoms with E-state index in [-0.39, 0.29) is 100 Å². The third-order valence-corrected chi connectivity index (χ3v) is 31.5. The Hall–Kier alpha value is -11.1. The van der Waals surface area contributed by atoms with Gasteiger partial charge in [0, 0.05) is 184 Å². The quantitative estimate of drug-likeness (QED) is 0.0225. The van der Waals surface area contributed by atoms with Crippen molar-refractivity contribution >= 4 is 131 Å². The van der Waals surface area contributed by atoms with E-state index in [0.29, 0.717) is 79.9 Å². The van der Waals surface area contributed by atoms with E-state index in [1.165, 1.54) is 68.3 Å². The van der Waals surface area contributed by atoms with Crippen LogP contribution < -0.4 is 42.9 Å². The third kappa shape index (κ3) is 22.7. The van der Waals surface area contributed by atoms with Crippen molar-refractivity contribution in [1.29, 1.82) is 0 Å². The van der Waals surface area contributed by atoms with Crippen molar-refractivity contribution in [3.63, 3.8) is 0 Å². The number of nitrogens with one attached hydrogen (secondary N) is 5. The number of nitrogens with zero attached hydrogens (tertiary/aromatic N) is 9. The Morgan fingerprint density at radius 1 is 0.545 bits per heavy atom. The van der Waals surface area contributed by atoms with Crippen LogP contribution in [0.4, 0.5) is 22.7 Å². The second-order valence-corrected chi connectivity index (χ2v) is 44.9. The average Bonchev–Trinajstić information content (AvgIpc) is 0.836. The van der Waals surface area contributed by atoms with E-state index in [4.69, 9.17) is 42.1 Å². The first kappa shape index (κ1) is 94.1. The number of rotatable bonds is 28. The summed E-state index contributed by atoms with van der Waals surface area (Å²) < 4.78 is 137. The first-order valence-corrected chi connectivity index (χ1v) is 51.5. The molecule has 0 spiro atoms. The van der Waals surface area contributed by atoms with Crippen molar-refractivity contribution in [2.45, 2.75) is 121 Å². The zero-order valence-corrected chi connectivity index (χ0v) is 78.7. The van der Waals surface area contributed by atoms with Gasteiger partial charge in [-0.25, -0.2) is 49.4 Å². The van der Waals surface area contributed by atoms with Crippen LogP contribution in [0.5, 0.6) is 34.5 Å². The van der Waals surface area contributed by atoms with Gasteiger partial charge in [-0.05, 0) is 189 Å². The fourth-order valence-electron chi connectivity index (χ4n) is 18.4. The van der Waals surface area contributed by atoms with Gasteiger partial charge in [0.1, 0.15) is 55.6 Å². The van der Waals surface area contributed by atoms with Gasteiger partial charge in [-0.3, -0.25) is 39.6 Å². The van der Waals surface area contributed by atoms with E-state index in [1.807, 2.05) is 36.4 Å². The molecular formula is C94H106Cl2N14O18S4. The number of benzene rings is 6. The molecule has 17 rings (SSSR count). The number of hydrogen-bond donors (Lipinski definition) is 5. The van der Waals surface area contributed by atoms with Crippen LogP contribution in [0, 0.1) is 42.9 Å². The molecule has 32 nitrogen and oxygen atoms in total. The van der Waals surface area contributed by atoms with Gasteiger partial charge in [-0.1, -0.05) is 92.7 Å². The second kappa shape index (κ2) is 39.2. The van der Waals surface area contributed by atoms with Gasteiger partial charge in [0.15, 0.2) is 0 Å². The molecule has 2 aliphatic carbocycles. The highest BCUT2D eigenvalue weighted by atomic mass is 35.5. The number of anilines is 2. The van der Waals surface area contributed by atoms with Gasteiger partial charge >= 0.3 is 0 Å². The van der Waals surface area contributed by atoms with Crippen LogP contribution in [-0.2, 0) is 52.9 Å². The number of carbonyl (C=O) groups is 2. The van der Waals surface area contributed by atoms with Gasteiger partial charge in [0.2, 0.25) is 0 Å². The molecule has 0 bridgehead atoms. The minimum absolute atomic E-state index is 0.0175. The number of aromatic nitrogens is 4. The number of fused-ring (bicyclic) bond motifs is 4. The maximum absolute atomic E-state index is 14.1. The van der Waals surface area contributed by atoms with E-state index in [2.05, 4.69) is 106 Å². The number of halogens is 2. The molecule has 3 saturated heterocycles. The molecule has 0 saturated carbocycles. The number of ether oxygens (including phenoxy) is 4. The van der Waals surface area contributed by atoms with Gasteiger partial charge in [-0.15, -0.1) is 0 Å². The maximum atomic E-state index is 14.1. The fraction of sp³-hybridized carbons (Fsp3) is 0.404. The maximum Gasteiger partial charge on any atom is 0.279 e. The number of piperazine rings is 2.